The van der Waals surface area contributed by atoms with Crippen molar-refractivity contribution in [1.29, 1.82) is 0 Å². The highest BCUT2D eigenvalue weighted by atomic mass is 79.9. The van der Waals surface area contributed by atoms with Crippen molar-refractivity contribution in [1.82, 2.24) is 0 Å². The monoisotopic (exact) mass is 248 g/mol. The minimum absolute atomic E-state index is 0.873. The number of ether oxygens (including phenoxy) is 1. The zero-order valence-electron chi connectivity index (χ0n) is 8.43. The summed E-state index contributed by atoms with van der Waals surface area (Å²) in [7, 11) is 0. The van der Waals surface area contributed by atoms with E-state index in [1.54, 1.807) is 0 Å². The Morgan fingerprint density at radius 3 is 2.54 bits per heavy atom. The molecule has 0 saturated heterocycles. The average Bonchev–Trinajstić information content (AvgIpc) is 2.19. The lowest BCUT2D eigenvalue weighted by Crippen LogP contribution is -2.13. The van der Waals surface area contributed by atoms with Crippen molar-refractivity contribution in [2.45, 2.75) is 44.9 Å². The van der Waals surface area contributed by atoms with Gasteiger partial charge in [0, 0.05) is 18.5 Å². The van der Waals surface area contributed by atoms with Crippen molar-refractivity contribution < 1.29 is 4.74 Å². The van der Waals surface area contributed by atoms with Crippen LogP contribution in [0.4, 0.5) is 0 Å². The number of alkyl halides is 1. The number of rotatable bonds is 6. The normalized spacial score (nSPS) is 19.2. The Hall–Kier alpha value is 0.440. The van der Waals surface area contributed by atoms with Crippen LogP contribution in [0.5, 0.6) is 0 Å². The summed E-state index contributed by atoms with van der Waals surface area (Å²) in [6.45, 7) is 1.98. The first-order chi connectivity index (χ1) is 6.43. The van der Waals surface area contributed by atoms with E-state index in [-0.39, 0.29) is 0 Å². The number of unbranched alkanes of at least 4 members (excludes halogenated alkanes) is 1. The Balaban J connectivity index is 1.86. The molecule has 0 aromatic rings. The highest BCUT2D eigenvalue weighted by Crippen LogP contribution is 2.23. The van der Waals surface area contributed by atoms with Crippen LogP contribution in [0.2, 0.25) is 0 Å². The van der Waals surface area contributed by atoms with E-state index in [4.69, 9.17) is 4.74 Å². The third kappa shape index (κ3) is 5.69. The van der Waals surface area contributed by atoms with Gasteiger partial charge >= 0.3 is 0 Å². The Morgan fingerprint density at radius 2 is 1.85 bits per heavy atom. The molecule has 1 fully saturated rings. The molecular formula is C11H21BrO. The summed E-state index contributed by atoms with van der Waals surface area (Å²) in [6, 6.07) is 0. The van der Waals surface area contributed by atoms with E-state index < -0.39 is 0 Å². The molecule has 0 bridgehead atoms. The van der Waals surface area contributed by atoms with Gasteiger partial charge in [-0.25, -0.2) is 0 Å². The Bertz CT molecular complexity index is 111. The van der Waals surface area contributed by atoms with E-state index in [0.29, 0.717) is 0 Å². The van der Waals surface area contributed by atoms with Gasteiger partial charge in [0.25, 0.3) is 0 Å². The Kier molecular flexibility index (Phi) is 6.92. The summed E-state index contributed by atoms with van der Waals surface area (Å²) in [5, 5.41) is 1.11. The molecule has 0 atom stereocenters. The quantitative estimate of drug-likeness (QED) is 0.514. The van der Waals surface area contributed by atoms with Crippen LogP contribution in [0, 0.1) is 5.92 Å². The van der Waals surface area contributed by atoms with Gasteiger partial charge in [-0.2, -0.15) is 0 Å². The molecule has 78 valence electrons. The number of hydrogen-bond acceptors (Lipinski definition) is 1. The minimum Gasteiger partial charge on any atom is -0.381 e. The molecular weight excluding hydrogens is 228 g/mol. The van der Waals surface area contributed by atoms with Crippen molar-refractivity contribution in [3.63, 3.8) is 0 Å². The van der Waals surface area contributed by atoms with E-state index in [0.717, 1.165) is 24.5 Å². The van der Waals surface area contributed by atoms with Gasteiger partial charge in [0.2, 0.25) is 0 Å². The first kappa shape index (κ1) is 11.5. The smallest absolute Gasteiger partial charge is 0.0494 e. The van der Waals surface area contributed by atoms with E-state index >= 15 is 0 Å². The van der Waals surface area contributed by atoms with Crippen LogP contribution in [0.25, 0.3) is 0 Å². The van der Waals surface area contributed by atoms with Gasteiger partial charge in [-0.05, 0) is 31.6 Å². The third-order valence-corrected chi connectivity index (χ3v) is 3.31. The minimum atomic E-state index is 0.873. The van der Waals surface area contributed by atoms with E-state index in [2.05, 4.69) is 15.9 Å². The summed E-state index contributed by atoms with van der Waals surface area (Å²) in [5.41, 5.74) is 0. The molecule has 0 unspecified atom stereocenters. The van der Waals surface area contributed by atoms with Gasteiger partial charge < -0.3 is 4.74 Å². The lowest BCUT2D eigenvalue weighted by molar-refractivity contribution is 0.0835. The fraction of sp³-hybridized carbons (Fsp3) is 1.00. The summed E-state index contributed by atoms with van der Waals surface area (Å²) in [4.78, 5) is 0. The summed E-state index contributed by atoms with van der Waals surface area (Å²) < 4.78 is 5.65. The molecule has 0 aromatic heterocycles. The van der Waals surface area contributed by atoms with Crippen LogP contribution in [-0.2, 0) is 4.74 Å². The number of halogens is 1. The molecule has 1 saturated carbocycles. The second-order valence-corrected chi connectivity index (χ2v) is 4.77. The van der Waals surface area contributed by atoms with Crippen LogP contribution in [0.3, 0.4) is 0 Å². The SMILES string of the molecule is BrCCCCOCC1CCCCC1. The fourth-order valence-corrected chi connectivity index (χ4v) is 2.30. The maximum absolute atomic E-state index is 5.65. The zero-order valence-corrected chi connectivity index (χ0v) is 10.0. The van der Waals surface area contributed by atoms with Crippen LogP contribution in [-0.4, -0.2) is 18.5 Å². The molecule has 1 aliphatic carbocycles. The van der Waals surface area contributed by atoms with Gasteiger partial charge in [-0.1, -0.05) is 35.2 Å². The average molecular weight is 249 g/mol. The molecule has 1 rings (SSSR count). The highest BCUT2D eigenvalue weighted by Gasteiger charge is 2.12. The molecule has 0 spiro atoms. The predicted octanol–water partition coefficient (Wildman–Crippen LogP) is 3.76. The first-order valence-electron chi connectivity index (χ1n) is 5.57. The van der Waals surface area contributed by atoms with Gasteiger partial charge in [-0.3, -0.25) is 0 Å². The van der Waals surface area contributed by atoms with E-state index in [9.17, 15) is 0 Å². The lowest BCUT2D eigenvalue weighted by Gasteiger charge is -2.21. The van der Waals surface area contributed by atoms with Crippen LogP contribution in [0.1, 0.15) is 44.9 Å². The largest absolute Gasteiger partial charge is 0.381 e. The molecule has 0 aromatic carbocycles. The third-order valence-electron chi connectivity index (χ3n) is 2.75. The maximum Gasteiger partial charge on any atom is 0.0494 e. The van der Waals surface area contributed by atoms with Crippen molar-refractivity contribution in [3.8, 4) is 0 Å². The van der Waals surface area contributed by atoms with Gasteiger partial charge in [0.05, 0.1) is 0 Å². The van der Waals surface area contributed by atoms with Gasteiger partial charge in [0.15, 0.2) is 0 Å². The van der Waals surface area contributed by atoms with Crippen molar-refractivity contribution in [2.24, 2.45) is 5.92 Å². The lowest BCUT2D eigenvalue weighted by atomic mass is 9.90. The highest BCUT2D eigenvalue weighted by molar-refractivity contribution is 9.09. The molecule has 13 heavy (non-hydrogen) atoms. The van der Waals surface area contributed by atoms with E-state index in [1.807, 2.05) is 0 Å². The predicted molar refractivity (Wildman–Crippen MR) is 60.4 cm³/mol. The second kappa shape index (κ2) is 7.81. The van der Waals surface area contributed by atoms with Gasteiger partial charge in [-0.15, -0.1) is 0 Å². The van der Waals surface area contributed by atoms with Crippen molar-refractivity contribution in [3.05, 3.63) is 0 Å². The van der Waals surface area contributed by atoms with Crippen molar-refractivity contribution >= 4 is 15.9 Å². The topological polar surface area (TPSA) is 9.23 Å². The number of hydrogen-bond donors (Lipinski definition) is 0. The second-order valence-electron chi connectivity index (χ2n) is 3.98. The summed E-state index contributed by atoms with van der Waals surface area (Å²) >= 11 is 3.42. The molecule has 2 heteroatoms. The molecule has 0 amide bonds. The Labute approximate surface area is 90.4 Å². The van der Waals surface area contributed by atoms with Gasteiger partial charge in [0.1, 0.15) is 0 Å². The van der Waals surface area contributed by atoms with Crippen LogP contribution in [0.15, 0.2) is 0 Å². The first-order valence-corrected chi connectivity index (χ1v) is 6.69. The molecule has 1 aliphatic rings. The molecule has 0 radical (unpaired) electrons. The van der Waals surface area contributed by atoms with E-state index in [1.165, 1.54) is 44.9 Å². The Morgan fingerprint density at radius 1 is 1.08 bits per heavy atom. The summed E-state index contributed by atoms with van der Waals surface area (Å²) in [6.07, 6.45) is 9.55. The molecule has 0 N–H and O–H groups in total. The van der Waals surface area contributed by atoms with Crippen LogP contribution < -0.4 is 0 Å². The zero-order chi connectivity index (χ0) is 9.36. The maximum atomic E-state index is 5.65. The standard InChI is InChI=1S/C11H21BrO/c12-8-4-5-9-13-10-11-6-2-1-3-7-11/h11H,1-10H2. The molecule has 0 heterocycles. The fourth-order valence-electron chi connectivity index (χ4n) is 1.90. The molecule has 1 nitrogen and oxygen atoms in total. The summed E-state index contributed by atoms with van der Waals surface area (Å²) in [5.74, 6) is 0.873. The van der Waals surface area contributed by atoms with Crippen LogP contribution >= 0.6 is 15.9 Å². The molecule has 0 aliphatic heterocycles. The van der Waals surface area contributed by atoms with Crippen molar-refractivity contribution in [2.75, 3.05) is 18.5 Å².